The molecule has 202 valence electrons. The Labute approximate surface area is 234 Å². The number of hydrogen-bond acceptors (Lipinski definition) is 10. The second-order valence-electron chi connectivity index (χ2n) is 8.54. The van der Waals surface area contributed by atoms with Crippen LogP contribution in [0.25, 0.3) is 6.08 Å². The third-order valence-electron chi connectivity index (χ3n) is 6.02. The Hall–Kier alpha value is -3.90. The molecule has 0 fully saturated rings. The number of thiazole rings is 1. The molecule has 1 aromatic heterocycles. The zero-order valence-corrected chi connectivity index (χ0v) is 23.8. The molecule has 2 aliphatic heterocycles. The number of halogens is 1. The SMILES string of the molecule is CCOC(=O)C1=C(C)N=c2s/c(=C\c3cc(Br)c(OC(C)=O)c(OC)c3)c(=O)n2[C@H]1c1ccc2c(c1)OCO2. The molecular weight excluding hydrogens is 592 g/mol. The molecule has 0 amide bonds. The number of rotatable bonds is 6. The summed E-state index contributed by atoms with van der Waals surface area (Å²) in [6.45, 7) is 5.00. The summed E-state index contributed by atoms with van der Waals surface area (Å²) < 4.78 is 29.3. The van der Waals surface area contributed by atoms with Crippen molar-refractivity contribution in [1.29, 1.82) is 0 Å². The fourth-order valence-corrected chi connectivity index (χ4v) is 5.99. The molecule has 2 aliphatic rings. The third-order valence-corrected chi connectivity index (χ3v) is 7.60. The molecule has 12 heteroatoms. The van der Waals surface area contributed by atoms with Gasteiger partial charge in [-0.3, -0.25) is 14.2 Å². The van der Waals surface area contributed by atoms with Crippen LogP contribution in [0.2, 0.25) is 0 Å². The van der Waals surface area contributed by atoms with Crippen LogP contribution in [0.1, 0.15) is 37.9 Å². The lowest BCUT2D eigenvalue weighted by atomic mass is 9.95. The lowest BCUT2D eigenvalue weighted by Gasteiger charge is -2.24. The lowest BCUT2D eigenvalue weighted by Crippen LogP contribution is -2.39. The van der Waals surface area contributed by atoms with Crippen LogP contribution < -0.4 is 33.8 Å². The van der Waals surface area contributed by atoms with Crippen molar-refractivity contribution < 1.29 is 33.3 Å². The number of esters is 2. The predicted octanol–water partition coefficient (Wildman–Crippen LogP) is 3.22. The number of nitrogens with zero attached hydrogens (tertiary/aromatic N) is 2. The summed E-state index contributed by atoms with van der Waals surface area (Å²) in [7, 11) is 1.46. The Morgan fingerprint density at radius 3 is 2.72 bits per heavy atom. The van der Waals surface area contributed by atoms with E-state index < -0.39 is 18.0 Å². The Morgan fingerprint density at radius 2 is 2.00 bits per heavy atom. The monoisotopic (exact) mass is 614 g/mol. The minimum Gasteiger partial charge on any atom is -0.493 e. The minimum absolute atomic E-state index is 0.0937. The van der Waals surface area contributed by atoms with Gasteiger partial charge in [0.15, 0.2) is 27.8 Å². The van der Waals surface area contributed by atoms with Crippen LogP contribution in [-0.2, 0) is 14.3 Å². The van der Waals surface area contributed by atoms with E-state index in [1.807, 2.05) is 0 Å². The highest BCUT2D eigenvalue weighted by atomic mass is 79.9. The van der Waals surface area contributed by atoms with Crippen molar-refractivity contribution >= 4 is 45.3 Å². The van der Waals surface area contributed by atoms with Gasteiger partial charge in [0.05, 0.1) is 40.0 Å². The molecule has 0 radical (unpaired) electrons. The van der Waals surface area contributed by atoms with E-state index in [0.717, 1.165) is 0 Å². The van der Waals surface area contributed by atoms with Crippen molar-refractivity contribution in [2.45, 2.75) is 26.8 Å². The first-order valence-corrected chi connectivity index (χ1v) is 13.5. The summed E-state index contributed by atoms with van der Waals surface area (Å²) in [5.74, 6) is 0.619. The summed E-state index contributed by atoms with van der Waals surface area (Å²) in [5.41, 5.74) is 1.67. The first-order chi connectivity index (χ1) is 18.7. The molecule has 0 bridgehead atoms. The maximum absolute atomic E-state index is 13.9. The summed E-state index contributed by atoms with van der Waals surface area (Å²) in [6, 6.07) is 7.89. The maximum atomic E-state index is 13.9. The zero-order chi connectivity index (χ0) is 27.8. The Kier molecular flexibility index (Phi) is 7.32. The van der Waals surface area contributed by atoms with Gasteiger partial charge in [-0.05, 0) is 71.2 Å². The molecule has 3 aromatic rings. The molecular formula is C27H23BrN2O8S. The predicted molar refractivity (Wildman–Crippen MR) is 145 cm³/mol. The highest BCUT2D eigenvalue weighted by Gasteiger charge is 2.34. The topological polar surface area (TPSA) is 115 Å². The second kappa shape index (κ2) is 10.7. The van der Waals surface area contributed by atoms with Crippen molar-refractivity contribution in [1.82, 2.24) is 4.57 Å². The summed E-state index contributed by atoms with van der Waals surface area (Å²) in [4.78, 5) is 43.5. The van der Waals surface area contributed by atoms with Gasteiger partial charge in [-0.15, -0.1) is 0 Å². The molecule has 5 rings (SSSR count). The summed E-state index contributed by atoms with van der Waals surface area (Å²) >= 11 is 4.60. The Morgan fingerprint density at radius 1 is 1.23 bits per heavy atom. The average molecular weight is 615 g/mol. The standard InChI is InChI=1S/C27H23BrN2O8S/c1-5-35-26(33)22-13(2)29-27-30(23(22)16-6-7-18-19(11-16)37-12-36-18)25(32)21(39-27)10-15-8-17(28)24(38-14(3)31)20(9-15)34-4/h6-11,23H,5,12H2,1-4H3/b21-10-/t23-/m0/s1. The highest BCUT2D eigenvalue weighted by Crippen LogP contribution is 2.39. The van der Waals surface area contributed by atoms with Crippen LogP contribution in [0.5, 0.6) is 23.0 Å². The van der Waals surface area contributed by atoms with Crippen molar-refractivity contribution in [3.05, 3.63) is 76.9 Å². The van der Waals surface area contributed by atoms with Gasteiger partial charge < -0.3 is 23.7 Å². The van der Waals surface area contributed by atoms with E-state index in [4.69, 9.17) is 23.7 Å². The van der Waals surface area contributed by atoms with Gasteiger partial charge in [-0.25, -0.2) is 9.79 Å². The van der Waals surface area contributed by atoms with E-state index in [2.05, 4.69) is 20.9 Å². The third kappa shape index (κ3) is 4.97. The van der Waals surface area contributed by atoms with E-state index in [-0.39, 0.29) is 30.3 Å². The first-order valence-electron chi connectivity index (χ1n) is 11.9. The Balaban J connectivity index is 1.68. The number of ether oxygens (including phenoxy) is 5. The number of carbonyl (C=O) groups is 2. The summed E-state index contributed by atoms with van der Waals surface area (Å²) in [5, 5.41) is 0. The van der Waals surface area contributed by atoms with Crippen LogP contribution in [-0.4, -0.2) is 37.0 Å². The number of aromatic nitrogens is 1. The number of benzene rings is 2. The van der Waals surface area contributed by atoms with Gasteiger partial charge >= 0.3 is 11.9 Å². The zero-order valence-electron chi connectivity index (χ0n) is 21.4. The Bertz CT molecular complexity index is 1720. The molecule has 0 aliphatic carbocycles. The molecule has 39 heavy (non-hydrogen) atoms. The smallest absolute Gasteiger partial charge is 0.338 e. The molecule has 0 saturated heterocycles. The quantitative estimate of drug-likeness (QED) is 0.307. The number of fused-ring (bicyclic) bond motifs is 2. The molecule has 0 spiro atoms. The molecule has 0 saturated carbocycles. The largest absolute Gasteiger partial charge is 0.493 e. The lowest BCUT2D eigenvalue weighted by molar-refractivity contribution is -0.139. The highest BCUT2D eigenvalue weighted by molar-refractivity contribution is 9.10. The summed E-state index contributed by atoms with van der Waals surface area (Å²) in [6.07, 6.45) is 1.69. The molecule has 2 aromatic carbocycles. The number of hydrogen-bond donors (Lipinski definition) is 0. The van der Waals surface area contributed by atoms with E-state index in [1.54, 1.807) is 50.3 Å². The normalized spacial score (nSPS) is 16.0. The van der Waals surface area contributed by atoms with Gasteiger partial charge in [0.25, 0.3) is 5.56 Å². The van der Waals surface area contributed by atoms with Crippen molar-refractivity contribution in [2.24, 2.45) is 4.99 Å². The van der Waals surface area contributed by atoms with Gasteiger partial charge in [0.2, 0.25) is 6.79 Å². The average Bonchev–Trinajstić information content (AvgIpc) is 3.48. The van der Waals surface area contributed by atoms with Crippen molar-refractivity contribution in [3.8, 4) is 23.0 Å². The maximum Gasteiger partial charge on any atom is 0.338 e. The molecule has 1 atom stereocenters. The van der Waals surface area contributed by atoms with E-state index >= 15 is 0 Å². The second-order valence-corrected chi connectivity index (χ2v) is 10.4. The molecule has 10 nitrogen and oxygen atoms in total. The van der Waals surface area contributed by atoms with Crippen molar-refractivity contribution in [3.63, 3.8) is 0 Å². The number of methoxy groups -OCH3 is 1. The van der Waals surface area contributed by atoms with E-state index in [1.165, 1.54) is 29.9 Å². The van der Waals surface area contributed by atoms with Crippen molar-refractivity contribution in [2.75, 3.05) is 20.5 Å². The van der Waals surface area contributed by atoms with Crippen LogP contribution >= 0.6 is 27.3 Å². The molecule has 0 N–H and O–H groups in total. The first kappa shape index (κ1) is 26.7. The van der Waals surface area contributed by atoms with E-state index in [9.17, 15) is 14.4 Å². The van der Waals surface area contributed by atoms with E-state index in [0.29, 0.717) is 47.9 Å². The van der Waals surface area contributed by atoms with Gasteiger partial charge in [0.1, 0.15) is 0 Å². The van der Waals surface area contributed by atoms with Gasteiger partial charge in [0, 0.05) is 6.92 Å². The molecule has 3 heterocycles. The van der Waals surface area contributed by atoms with Crippen LogP contribution in [0, 0.1) is 0 Å². The van der Waals surface area contributed by atoms with Gasteiger partial charge in [-0.2, -0.15) is 0 Å². The number of carbonyl (C=O) groups excluding carboxylic acids is 2. The van der Waals surface area contributed by atoms with Crippen LogP contribution in [0.3, 0.4) is 0 Å². The van der Waals surface area contributed by atoms with Crippen LogP contribution in [0.15, 0.2) is 55.9 Å². The molecule has 0 unspecified atom stereocenters. The van der Waals surface area contributed by atoms with Crippen LogP contribution in [0.4, 0.5) is 0 Å². The number of allylic oxidation sites excluding steroid dienone is 1. The fraction of sp³-hybridized carbons (Fsp3) is 0.259. The van der Waals surface area contributed by atoms with Gasteiger partial charge in [-0.1, -0.05) is 17.4 Å². The fourth-order valence-electron chi connectivity index (χ4n) is 4.41. The minimum atomic E-state index is -0.787.